The highest BCUT2D eigenvalue weighted by atomic mass is 16.2. The average Bonchev–Trinajstić information content (AvgIpc) is 2.82. The van der Waals surface area contributed by atoms with E-state index in [2.05, 4.69) is 13.8 Å². The van der Waals surface area contributed by atoms with Crippen LogP contribution in [0.25, 0.3) is 0 Å². The minimum atomic E-state index is -0.718. The van der Waals surface area contributed by atoms with Gasteiger partial charge in [0.05, 0.1) is 0 Å². The van der Waals surface area contributed by atoms with Crippen molar-refractivity contribution < 1.29 is 14.4 Å². The summed E-state index contributed by atoms with van der Waals surface area (Å²) in [6, 6.07) is 2.81. The third-order valence-corrected chi connectivity index (χ3v) is 6.99. The molecule has 1 aromatic rings. The zero-order valence-electron chi connectivity index (χ0n) is 22.2. The third-order valence-electron chi connectivity index (χ3n) is 6.99. The topological polar surface area (TPSA) is 129 Å². The number of rotatable bonds is 21. The lowest BCUT2D eigenvalue weighted by atomic mass is 9.84. The molecule has 6 nitrogen and oxygen atoms in total. The highest BCUT2D eigenvalue weighted by Crippen LogP contribution is 2.28. The molecule has 198 valence electrons. The third kappa shape index (κ3) is 12.2. The van der Waals surface area contributed by atoms with E-state index in [4.69, 9.17) is 17.2 Å². The van der Waals surface area contributed by atoms with E-state index in [0.29, 0.717) is 17.9 Å². The molecule has 0 saturated heterocycles. The summed E-state index contributed by atoms with van der Waals surface area (Å²) in [6.07, 6.45) is 20.1. The quantitative estimate of drug-likeness (QED) is 0.173. The second-order valence-electron chi connectivity index (χ2n) is 10.0. The number of carbonyl (C=O) groups excluding carboxylic acids is 3. The molecule has 0 bridgehead atoms. The predicted octanol–water partition coefficient (Wildman–Crippen LogP) is 6.42. The summed E-state index contributed by atoms with van der Waals surface area (Å²) < 4.78 is 0. The lowest BCUT2D eigenvalue weighted by molar-refractivity contribution is 0.0998. The van der Waals surface area contributed by atoms with Gasteiger partial charge in [0.1, 0.15) is 0 Å². The van der Waals surface area contributed by atoms with Crippen LogP contribution in [0.15, 0.2) is 12.1 Å². The van der Waals surface area contributed by atoms with Gasteiger partial charge in [-0.1, -0.05) is 117 Å². The summed E-state index contributed by atoms with van der Waals surface area (Å²) in [5.41, 5.74) is 17.7. The van der Waals surface area contributed by atoms with Gasteiger partial charge >= 0.3 is 0 Å². The van der Waals surface area contributed by atoms with Gasteiger partial charge < -0.3 is 17.2 Å². The molecule has 0 aliphatic rings. The van der Waals surface area contributed by atoms with Gasteiger partial charge in [-0.25, -0.2) is 0 Å². The summed E-state index contributed by atoms with van der Waals surface area (Å²) in [6.45, 7) is 4.45. The molecule has 1 aromatic carbocycles. The van der Waals surface area contributed by atoms with Gasteiger partial charge in [0.25, 0.3) is 0 Å². The number of carbonyl (C=O) groups is 3. The fourth-order valence-electron chi connectivity index (χ4n) is 4.89. The molecule has 6 heteroatoms. The molecule has 0 radical (unpaired) electrons. The molecule has 0 aliphatic heterocycles. The van der Waals surface area contributed by atoms with E-state index in [-0.39, 0.29) is 16.7 Å². The molecule has 1 atom stereocenters. The van der Waals surface area contributed by atoms with Crippen LogP contribution in [0.5, 0.6) is 0 Å². The van der Waals surface area contributed by atoms with Gasteiger partial charge in [0, 0.05) is 16.7 Å². The number of unbranched alkanes of at least 4 members (excludes halogenated alkanes) is 12. The summed E-state index contributed by atoms with van der Waals surface area (Å²) in [5, 5.41) is 0. The van der Waals surface area contributed by atoms with Crippen LogP contribution in [-0.4, -0.2) is 17.7 Å². The number of amides is 3. The largest absolute Gasteiger partial charge is 0.366 e. The van der Waals surface area contributed by atoms with Gasteiger partial charge in [0.15, 0.2) is 0 Å². The average molecular weight is 488 g/mol. The SMILES string of the molecule is CCCCCCCCCCC(CCCCCCCC)Cc1c(C(N)=O)cc(C(N)=O)cc1C(N)=O. The maximum absolute atomic E-state index is 12.2. The smallest absolute Gasteiger partial charge is 0.249 e. The molecule has 0 aromatic heterocycles. The molecule has 0 spiro atoms. The van der Waals surface area contributed by atoms with Crippen LogP contribution in [0.1, 0.15) is 153 Å². The molecule has 6 N–H and O–H groups in total. The highest BCUT2D eigenvalue weighted by molar-refractivity contribution is 6.05. The first kappa shape index (κ1) is 30.7. The van der Waals surface area contributed by atoms with E-state index in [1.807, 2.05) is 0 Å². The van der Waals surface area contributed by atoms with Gasteiger partial charge in [-0.3, -0.25) is 14.4 Å². The first-order valence-corrected chi connectivity index (χ1v) is 13.9. The maximum Gasteiger partial charge on any atom is 0.249 e. The van der Waals surface area contributed by atoms with Crippen molar-refractivity contribution in [2.24, 2.45) is 23.1 Å². The molecular formula is C29H49N3O3. The van der Waals surface area contributed by atoms with E-state index in [9.17, 15) is 14.4 Å². The summed E-state index contributed by atoms with van der Waals surface area (Å²) in [5.74, 6) is -1.73. The molecule has 3 amide bonds. The Balaban J connectivity index is 2.92. The lowest BCUT2D eigenvalue weighted by Gasteiger charge is -2.21. The fourth-order valence-corrected chi connectivity index (χ4v) is 4.89. The maximum atomic E-state index is 12.2. The fraction of sp³-hybridized carbons (Fsp3) is 0.690. The summed E-state index contributed by atoms with van der Waals surface area (Å²) >= 11 is 0. The Morgan fingerprint density at radius 2 is 0.971 bits per heavy atom. The molecule has 35 heavy (non-hydrogen) atoms. The standard InChI is InChI=1S/C29H49N3O3/c1-3-5-7-9-11-12-14-16-18-22(17-15-13-10-8-6-4-2)19-24-25(28(31)34)20-23(27(30)33)21-26(24)29(32)35/h20-22H,3-19H2,1-2H3,(H2,30,33)(H2,31,34)(H2,32,35). The van der Waals surface area contributed by atoms with Crippen LogP contribution >= 0.6 is 0 Å². The number of hydrogen-bond donors (Lipinski definition) is 3. The van der Waals surface area contributed by atoms with Crippen LogP contribution in [0.2, 0.25) is 0 Å². The molecule has 0 aliphatic carbocycles. The number of hydrogen-bond acceptors (Lipinski definition) is 3. The first-order valence-electron chi connectivity index (χ1n) is 13.9. The van der Waals surface area contributed by atoms with Crippen molar-refractivity contribution in [3.05, 3.63) is 34.4 Å². The highest BCUT2D eigenvalue weighted by Gasteiger charge is 2.22. The Morgan fingerprint density at radius 1 is 0.600 bits per heavy atom. The van der Waals surface area contributed by atoms with E-state index >= 15 is 0 Å². The minimum Gasteiger partial charge on any atom is -0.366 e. The summed E-state index contributed by atoms with van der Waals surface area (Å²) in [7, 11) is 0. The van der Waals surface area contributed by atoms with Crippen molar-refractivity contribution >= 4 is 17.7 Å². The first-order chi connectivity index (χ1) is 16.8. The second kappa shape index (κ2) is 18.0. The van der Waals surface area contributed by atoms with Crippen LogP contribution in [0, 0.1) is 5.92 Å². The van der Waals surface area contributed by atoms with Crippen molar-refractivity contribution in [2.45, 2.75) is 123 Å². The molecule has 0 heterocycles. The van der Waals surface area contributed by atoms with E-state index < -0.39 is 17.7 Å². The zero-order chi connectivity index (χ0) is 26.1. The van der Waals surface area contributed by atoms with Crippen LogP contribution in [0.4, 0.5) is 0 Å². The van der Waals surface area contributed by atoms with Crippen LogP contribution in [0.3, 0.4) is 0 Å². The van der Waals surface area contributed by atoms with Crippen LogP contribution < -0.4 is 17.2 Å². The number of benzene rings is 1. The number of primary amides is 3. The second-order valence-corrected chi connectivity index (χ2v) is 10.0. The molecule has 1 unspecified atom stereocenters. The van der Waals surface area contributed by atoms with Gasteiger partial charge in [-0.05, 0) is 30.0 Å². The Morgan fingerprint density at radius 3 is 1.31 bits per heavy atom. The van der Waals surface area contributed by atoms with E-state index in [0.717, 1.165) is 25.7 Å². The lowest BCUT2D eigenvalue weighted by Crippen LogP contribution is -2.24. The molecule has 1 rings (SSSR count). The van der Waals surface area contributed by atoms with Crippen molar-refractivity contribution in [1.82, 2.24) is 0 Å². The Labute approximate surface area is 212 Å². The monoisotopic (exact) mass is 487 g/mol. The molecular weight excluding hydrogens is 438 g/mol. The molecule has 0 saturated carbocycles. The van der Waals surface area contributed by atoms with Crippen molar-refractivity contribution in [1.29, 1.82) is 0 Å². The summed E-state index contributed by atoms with van der Waals surface area (Å²) in [4.78, 5) is 36.2. The zero-order valence-corrected chi connectivity index (χ0v) is 22.2. The Kier molecular flexibility index (Phi) is 15.7. The van der Waals surface area contributed by atoms with Crippen molar-refractivity contribution in [2.75, 3.05) is 0 Å². The van der Waals surface area contributed by atoms with Gasteiger partial charge in [-0.15, -0.1) is 0 Å². The number of nitrogens with two attached hydrogens (primary N) is 3. The Bertz CT molecular complexity index is 756. The van der Waals surface area contributed by atoms with Gasteiger partial charge in [0.2, 0.25) is 17.7 Å². The minimum absolute atomic E-state index is 0.0758. The molecule has 0 fully saturated rings. The van der Waals surface area contributed by atoms with E-state index in [1.165, 1.54) is 89.2 Å². The normalized spacial score (nSPS) is 11.9. The van der Waals surface area contributed by atoms with Gasteiger partial charge in [-0.2, -0.15) is 0 Å². The van der Waals surface area contributed by atoms with Crippen LogP contribution in [-0.2, 0) is 6.42 Å². The van der Waals surface area contributed by atoms with Crippen molar-refractivity contribution in [3.63, 3.8) is 0 Å². The predicted molar refractivity (Wildman–Crippen MR) is 144 cm³/mol. The van der Waals surface area contributed by atoms with E-state index in [1.54, 1.807) is 0 Å². The Hall–Kier alpha value is -2.37. The van der Waals surface area contributed by atoms with Crippen molar-refractivity contribution in [3.8, 4) is 0 Å².